The zero-order valence-electron chi connectivity index (χ0n) is 15.7. The summed E-state index contributed by atoms with van der Waals surface area (Å²) in [5, 5.41) is 17.2. The summed E-state index contributed by atoms with van der Waals surface area (Å²) in [7, 11) is 0. The predicted molar refractivity (Wildman–Crippen MR) is 104 cm³/mol. The molecule has 2 N–H and O–H groups in total. The fourth-order valence-corrected chi connectivity index (χ4v) is 3.17. The molecule has 0 spiro atoms. The van der Waals surface area contributed by atoms with Crippen LogP contribution < -0.4 is 10.2 Å². The molecule has 1 fully saturated rings. The molecule has 2 atom stereocenters. The normalized spacial score (nSPS) is 18.8. The fourth-order valence-electron chi connectivity index (χ4n) is 3.17. The quantitative estimate of drug-likeness (QED) is 0.681. The number of aromatic nitrogens is 3. The Bertz CT molecular complexity index is 1010. The zero-order chi connectivity index (χ0) is 20.4. The molecule has 29 heavy (non-hydrogen) atoms. The van der Waals surface area contributed by atoms with Crippen molar-refractivity contribution in [3.8, 4) is 17.1 Å². The molecule has 0 aliphatic carbocycles. The first-order valence-corrected chi connectivity index (χ1v) is 9.13. The Hall–Kier alpha value is -3.30. The van der Waals surface area contributed by atoms with Crippen LogP contribution in [0.3, 0.4) is 0 Å². The number of nitrogens with one attached hydrogen (secondary N) is 1. The number of carbonyl (C=O) groups is 1. The van der Waals surface area contributed by atoms with Crippen molar-refractivity contribution in [2.45, 2.75) is 19.4 Å². The minimum Gasteiger partial charge on any atom is -0.354 e. The Labute approximate surface area is 166 Å². The summed E-state index contributed by atoms with van der Waals surface area (Å²) >= 11 is 0. The number of pyridine rings is 1. The standard InChI is InChI=1S/C20H20FN5O3/c1-13(27)23-11-15-12-25(20(28)29-15)14-5-6-19(16(21)10-14)26-9-7-18(24-26)17-4-2-3-8-22-17/h2-10,15,20,28H,11-12H2,1H3,(H,23,27). The third-order valence-electron chi connectivity index (χ3n) is 4.59. The maximum absolute atomic E-state index is 14.8. The highest BCUT2D eigenvalue weighted by Gasteiger charge is 2.32. The summed E-state index contributed by atoms with van der Waals surface area (Å²) in [4.78, 5) is 16.8. The van der Waals surface area contributed by atoms with Crippen LogP contribution in [0.25, 0.3) is 17.1 Å². The van der Waals surface area contributed by atoms with Crippen molar-refractivity contribution < 1.29 is 19.0 Å². The molecule has 0 radical (unpaired) electrons. The summed E-state index contributed by atoms with van der Waals surface area (Å²) in [5.74, 6) is -0.670. The van der Waals surface area contributed by atoms with Gasteiger partial charge in [-0.3, -0.25) is 9.78 Å². The number of hydrogen-bond donors (Lipinski definition) is 2. The van der Waals surface area contributed by atoms with Gasteiger partial charge in [0.25, 0.3) is 0 Å². The van der Waals surface area contributed by atoms with Gasteiger partial charge < -0.3 is 20.1 Å². The SMILES string of the molecule is CC(=O)NCC1CN(c2ccc(-n3ccc(-c4ccccn4)n3)c(F)c2)C(O)O1. The molecule has 9 heteroatoms. The van der Waals surface area contributed by atoms with Crippen LogP contribution in [-0.2, 0) is 9.53 Å². The van der Waals surface area contributed by atoms with Crippen LogP contribution in [0.4, 0.5) is 10.1 Å². The van der Waals surface area contributed by atoms with Gasteiger partial charge in [0.15, 0.2) is 5.82 Å². The van der Waals surface area contributed by atoms with Crippen LogP contribution in [0.5, 0.6) is 0 Å². The Balaban J connectivity index is 1.51. The van der Waals surface area contributed by atoms with E-state index in [0.29, 0.717) is 23.6 Å². The second kappa shape index (κ2) is 7.98. The third kappa shape index (κ3) is 4.10. The van der Waals surface area contributed by atoms with Gasteiger partial charge in [0, 0.05) is 31.5 Å². The lowest BCUT2D eigenvalue weighted by Gasteiger charge is -2.21. The molecule has 4 rings (SSSR count). The van der Waals surface area contributed by atoms with E-state index < -0.39 is 12.2 Å². The van der Waals surface area contributed by atoms with Crippen molar-refractivity contribution in [2.24, 2.45) is 0 Å². The van der Waals surface area contributed by atoms with Crippen molar-refractivity contribution in [3.05, 3.63) is 60.7 Å². The van der Waals surface area contributed by atoms with Gasteiger partial charge in [0.05, 0.1) is 18.3 Å². The van der Waals surface area contributed by atoms with E-state index in [1.807, 2.05) is 18.2 Å². The Morgan fingerprint density at radius 1 is 1.31 bits per heavy atom. The second-order valence-electron chi connectivity index (χ2n) is 6.67. The highest BCUT2D eigenvalue weighted by molar-refractivity contribution is 5.72. The lowest BCUT2D eigenvalue weighted by atomic mass is 10.2. The van der Waals surface area contributed by atoms with E-state index in [1.54, 1.807) is 30.6 Å². The Morgan fingerprint density at radius 3 is 2.90 bits per heavy atom. The van der Waals surface area contributed by atoms with Crippen LogP contribution in [0.2, 0.25) is 0 Å². The highest BCUT2D eigenvalue weighted by atomic mass is 19.1. The summed E-state index contributed by atoms with van der Waals surface area (Å²) in [5.41, 5.74) is 2.09. The molecule has 1 aromatic carbocycles. The number of carbonyl (C=O) groups excluding carboxylic acids is 1. The van der Waals surface area contributed by atoms with Gasteiger partial charge in [-0.2, -0.15) is 5.10 Å². The first-order chi connectivity index (χ1) is 14.0. The molecule has 0 saturated carbocycles. The number of rotatable bonds is 5. The van der Waals surface area contributed by atoms with E-state index in [-0.39, 0.29) is 24.2 Å². The monoisotopic (exact) mass is 397 g/mol. The van der Waals surface area contributed by atoms with Crippen molar-refractivity contribution in [1.82, 2.24) is 20.1 Å². The van der Waals surface area contributed by atoms with E-state index in [2.05, 4.69) is 15.4 Å². The molecule has 1 saturated heterocycles. The van der Waals surface area contributed by atoms with Gasteiger partial charge in [-0.05, 0) is 36.4 Å². The predicted octanol–water partition coefficient (Wildman–Crippen LogP) is 1.69. The molecule has 1 aliphatic rings. The largest absolute Gasteiger partial charge is 0.354 e. The zero-order valence-corrected chi connectivity index (χ0v) is 15.7. The van der Waals surface area contributed by atoms with Gasteiger partial charge in [0.1, 0.15) is 11.4 Å². The molecule has 1 amide bonds. The summed E-state index contributed by atoms with van der Waals surface area (Å²) < 4.78 is 21.6. The van der Waals surface area contributed by atoms with Gasteiger partial charge in [-0.25, -0.2) is 9.07 Å². The molecule has 150 valence electrons. The average molecular weight is 397 g/mol. The molecular weight excluding hydrogens is 377 g/mol. The van der Waals surface area contributed by atoms with Gasteiger partial charge in [-0.1, -0.05) is 6.07 Å². The number of anilines is 1. The smallest absolute Gasteiger partial charge is 0.238 e. The van der Waals surface area contributed by atoms with Gasteiger partial charge >= 0.3 is 0 Å². The number of ether oxygens (including phenoxy) is 1. The first kappa shape index (κ1) is 19.0. The maximum atomic E-state index is 14.8. The molecule has 8 nitrogen and oxygen atoms in total. The van der Waals surface area contributed by atoms with Crippen molar-refractivity contribution in [2.75, 3.05) is 18.0 Å². The van der Waals surface area contributed by atoms with E-state index in [9.17, 15) is 14.3 Å². The van der Waals surface area contributed by atoms with Gasteiger partial charge in [0.2, 0.25) is 12.3 Å². The first-order valence-electron chi connectivity index (χ1n) is 9.13. The molecule has 0 bridgehead atoms. The van der Waals surface area contributed by atoms with Gasteiger partial charge in [-0.15, -0.1) is 0 Å². The molecule has 2 aromatic heterocycles. The molecule has 2 unspecified atom stereocenters. The third-order valence-corrected chi connectivity index (χ3v) is 4.59. The summed E-state index contributed by atoms with van der Waals surface area (Å²) in [6, 6.07) is 11.9. The van der Waals surface area contributed by atoms with Crippen LogP contribution in [0.15, 0.2) is 54.9 Å². The highest BCUT2D eigenvalue weighted by Crippen LogP contribution is 2.27. The number of halogens is 1. The Kier molecular flexibility index (Phi) is 5.24. The minimum atomic E-state index is -1.21. The van der Waals surface area contributed by atoms with Crippen molar-refractivity contribution in [1.29, 1.82) is 0 Å². The average Bonchev–Trinajstić information content (AvgIpc) is 3.34. The molecule has 3 aromatic rings. The van der Waals surface area contributed by atoms with Crippen LogP contribution in [0, 0.1) is 5.82 Å². The molecule has 3 heterocycles. The molecule has 1 aliphatic heterocycles. The fraction of sp³-hybridized carbons (Fsp3) is 0.250. The van der Waals surface area contributed by atoms with E-state index >= 15 is 0 Å². The van der Waals surface area contributed by atoms with E-state index in [4.69, 9.17) is 4.74 Å². The number of aliphatic hydroxyl groups excluding tert-OH is 1. The number of benzene rings is 1. The minimum absolute atomic E-state index is 0.179. The molecular formula is C20H20FN5O3. The maximum Gasteiger partial charge on any atom is 0.238 e. The summed E-state index contributed by atoms with van der Waals surface area (Å²) in [6.07, 6.45) is 1.74. The topological polar surface area (TPSA) is 92.5 Å². The van der Waals surface area contributed by atoms with Crippen LogP contribution in [-0.4, -0.2) is 51.4 Å². The number of amides is 1. The lowest BCUT2D eigenvalue weighted by Crippen LogP contribution is -2.33. The van der Waals surface area contributed by atoms with E-state index in [1.165, 1.54) is 22.6 Å². The van der Waals surface area contributed by atoms with E-state index in [0.717, 1.165) is 0 Å². The summed E-state index contributed by atoms with van der Waals surface area (Å²) in [6.45, 7) is 2.00. The lowest BCUT2D eigenvalue weighted by molar-refractivity contribution is -0.121. The van der Waals surface area contributed by atoms with Crippen molar-refractivity contribution in [3.63, 3.8) is 0 Å². The second-order valence-corrected chi connectivity index (χ2v) is 6.67. The Morgan fingerprint density at radius 2 is 2.17 bits per heavy atom. The van der Waals surface area contributed by atoms with Crippen LogP contribution in [0.1, 0.15) is 6.92 Å². The van der Waals surface area contributed by atoms with Crippen LogP contribution >= 0.6 is 0 Å². The number of hydrogen-bond acceptors (Lipinski definition) is 6. The van der Waals surface area contributed by atoms with Crippen molar-refractivity contribution >= 4 is 11.6 Å². The number of nitrogens with zero attached hydrogens (tertiary/aromatic N) is 4. The number of aliphatic hydroxyl groups is 1.